The summed E-state index contributed by atoms with van der Waals surface area (Å²) in [6.07, 6.45) is 1.66. The predicted molar refractivity (Wildman–Crippen MR) is 109 cm³/mol. The molecule has 4 rings (SSSR count). The van der Waals surface area contributed by atoms with E-state index in [4.69, 9.17) is 14.2 Å². The number of hydrogen-bond acceptors (Lipinski definition) is 6. The molecule has 9 heteroatoms. The van der Waals surface area contributed by atoms with Gasteiger partial charge >= 0.3 is 0 Å². The lowest BCUT2D eigenvalue weighted by Crippen LogP contribution is -2.29. The Morgan fingerprint density at radius 2 is 1.87 bits per heavy atom. The quantitative estimate of drug-likeness (QED) is 0.723. The lowest BCUT2D eigenvalue weighted by Gasteiger charge is -2.19. The molecule has 0 spiro atoms. The molecule has 1 saturated heterocycles. The molecular weight excluding hydrogens is 408 g/mol. The van der Waals surface area contributed by atoms with Crippen LogP contribution in [0.25, 0.3) is 0 Å². The van der Waals surface area contributed by atoms with Gasteiger partial charge in [0.15, 0.2) is 11.5 Å². The summed E-state index contributed by atoms with van der Waals surface area (Å²) in [4.78, 5) is 12.7. The van der Waals surface area contributed by atoms with Gasteiger partial charge < -0.3 is 19.5 Å². The third kappa shape index (κ3) is 4.08. The van der Waals surface area contributed by atoms with E-state index in [-0.39, 0.29) is 35.5 Å². The van der Waals surface area contributed by atoms with Crippen molar-refractivity contribution in [2.75, 3.05) is 26.5 Å². The summed E-state index contributed by atoms with van der Waals surface area (Å²) >= 11 is 0. The van der Waals surface area contributed by atoms with Gasteiger partial charge in [-0.3, -0.25) is 4.79 Å². The van der Waals surface area contributed by atoms with Gasteiger partial charge in [-0.05, 0) is 55.7 Å². The maximum absolute atomic E-state index is 13.1. The second-order valence-corrected chi connectivity index (χ2v) is 8.98. The number of ether oxygens (including phenoxy) is 3. The fourth-order valence-electron chi connectivity index (χ4n) is 3.53. The summed E-state index contributed by atoms with van der Waals surface area (Å²) in [5, 5.41) is 2.82. The highest BCUT2D eigenvalue weighted by Crippen LogP contribution is 2.33. The number of rotatable bonds is 7. The van der Waals surface area contributed by atoms with E-state index in [0.717, 1.165) is 18.4 Å². The Labute approximate surface area is 175 Å². The zero-order valence-corrected chi connectivity index (χ0v) is 17.5. The second-order valence-electron chi connectivity index (χ2n) is 7.08. The largest absolute Gasteiger partial charge is 0.492 e. The lowest BCUT2D eigenvalue weighted by molar-refractivity contribution is 0.0950. The van der Waals surface area contributed by atoms with Crippen LogP contribution in [0.1, 0.15) is 35.7 Å². The van der Waals surface area contributed by atoms with E-state index < -0.39 is 10.0 Å². The number of carbonyl (C=O) groups is 1. The van der Waals surface area contributed by atoms with Gasteiger partial charge in [0.2, 0.25) is 16.8 Å². The molecule has 160 valence electrons. The molecule has 8 nitrogen and oxygen atoms in total. The van der Waals surface area contributed by atoms with Crippen molar-refractivity contribution in [2.24, 2.45) is 0 Å². The molecule has 0 saturated carbocycles. The van der Waals surface area contributed by atoms with Crippen molar-refractivity contribution in [3.05, 3.63) is 47.5 Å². The first-order valence-electron chi connectivity index (χ1n) is 9.93. The number of benzene rings is 2. The number of fused-ring (bicyclic) bond motifs is 1. The molecular formula is C21H24N2O6S. The Hall–Kier alpha value is -2.78. The number of nitrogens with one attached hydrogen (secondary N) is 1. The molecule has 30 heavy (non-hydrogen) atoms. The van der Waals surface area contributed by atoms with Crippen molar-refractivity contribution < 1.29 is 27.4 Å². The molecule has 0 atom stereocenters. The standard InChI is InChI=1S/C21H24N2O6S/c1-2-27-18-8-6-16(12-20(18)30(25,26)23-9-3-4-10-23)21(24)22-13-15-5-7-17-19(11-15)29-14-28-17/h5-8,11-12H,2-4,9-10,13-14H2,1H3,(H,22,24). The molecule has 0 bridgehead atoms. The zero-order chi connectivity index (χ0) is 21.1. The van der Waals surface area contributed by atoms with Gasteiger partial charge in [0.05, 0.1) is 6.61 Å². The van der Waals surface area contributed by atoms with Crippen LogP contribution in [-0.4, -0.2) is 45.1 Å². The average Bonchev–Trinajstić information content (AvgIpc) is 3.44. The summed E-state index contributed by atoms with van der Waals surface area (Å²) in [5.74, 6) is 1.21. The van der Waals surface area contributed by atoms with Crippen molar-refractivity contribution in [2.45, 2.75) is 31.2 Å². The normalized spacial score (nSPS) is 15.9. The molecule has 0 unspecified atom stereocenters. The fourth-order valence-corrected chi connectivity index (χ4v) is 5.20. The highest BCUT2D eigenvalue weighted by Gasteiger charge is 2.30. The van der Waals surface area contributed by atoms with Crippen molar-refractivity contribution in [3.63, 3.8) is 0 Å². The molecule has 0 aliphatic carbocycles. The summed E-state index contributed by atoms with van der Waals surface area (Å²) in [7, 11) is -3.72. The Bertz CT molecular complexity index is 1050. The molecule has 0 aromatic heterocycles. The first-order valence-corrected chi connectivity index (χ1v) is 11.4. The highest BCUT2D eigenvalue weighted by atomic mass is 32.2. The van der Waals surface area contributed by atoms with Crippen molar-refractivity contribution >= 4 is 15.9 Å². The fraction of sp³-hybridized carbons (Fsp3) is 0.381. The molecule has 0 radical (unpaired) electrons. The smallest absolute Gasteiger partial charge is 0.251 e. The Kier molecular flexibility index (Phi) is 5.83. The third-order valence-corrected chi connectivity index (χ3v) is 7.00. The van der Waals surface area contributed by atoms with Gasteiger partial charge in [-0.1, -0.05) is 6.07 Å². The van der Waals surface area contributed by atoms with Gasteiger partial charge in [-0.2, -0.15) is 4.31 Å². The van der Waals surface area contributed by atoms with Crippen LogP contribution >= 0.6 is 0 Å². The van der Waals surface area contributed by atoms with E-state index in [0.29, 0.717) is 31.2 Å². The average molecular weight is 432 g/mol. The highest BCUT2D eigenvalue weighted by molar-refractivity contribution is 7.89. The molecule has 2 aliphatic heterocycles. The van der Waals surface area contributed by atoms with Crippen LogP contribution in [0, 0.1) is 0 Å². The lowest BCUT2D eigenvalue weighted by atomic mass is 10.1. The minimum absolute atomic E-state index is 0.0296. The first-order chi connectivity index (χ1) is 14.5. The van der Waals surface area contributed by atoms with Crippen LogP contribution in [0.3, 0.4) is 0 Å². The molecule has 1 amide bonds. The monoisotopic (exact) mass is 432 g/mol. The van der Waals surface area contributed by atoms with Gasteiger partial charge in [0.1, 0.15) is 10.6 Å². The summed E-state index contributed by atoms with van der Waals surface area (Å²) in [6, 6.07) is 9.96. The molecule has 1 fully saturated rings. The SMILES string of the molecule is CCOc1ccc(C(=O)NCc2ccc3c(c2)OCO3)cc1S(=O)(=O)N1CCCC1. The van der Waals surface area contributed by atoms with Crippen LogP contribution in [0.5, 0.6) is 17.2 Å². The van der Waals surface area contributed by atoms with Crippen molar-refractivity contribution in [3.8, 4) is 17.2 Å². The number of hydrogen-bond donors (Lipinski definition) is 1. The van der Waals surface area contributed by atoms with E-state index in [9.17, 15) is 13.2 Å². The summed E-state index contributed by atoms with van der Waals surface area (Å²) in [5.41, 5.74) is 1.11. The third-order valence-electron chi connectivity index (χ3n) is 5.08. The summed E-state index contributed by atoms with van der Waals surface area (Å²) in [6.45, 7) is 3.54. The van der Waals surface area contributed by atoms with E-state index >= 15 is 0 Å². The van der Waals surface area contributed by atoms with Crippen molar-refractivity contribution in [1.82, 2.24) is 9.62 Å². The number of amides is 1. The molecule has 2 heterocycles. The maximum Gasteiger partial charge on any atom is 0.251 e. The Balaban J connectivity index is 1.54. The number of nitrogens with zero attached hydrogens (tertiary/aromatic N) is 1. The van der Waals surface area contributed by atoms with E-state index in [1.54, 1.807) is 25.1 Å². The van der Waals surface area contributed by atoms with E-state index in [1.165, 1.54) is 10.4 Å². The van der Waals surface area contributed by atoms with Gasteiger partial charge in [-0.25, -0.2) is 8.42 Å². The minimum atomic E-state index is -3.72. The maximum atomic E-state index is 13.1. The topological polar surface area (TPSA) is 94.2 Å². The Morgan fingerprint density at radius 3 is 2.63 bits per heavy atom. The van der Waals surface area contributed by atoms with Crippen LogP contribution in [0.2, 0.25) is 0 Å². The van der Waals surface area contributed by atoms with E-state index in [1.807, 2.05) is 12.1 Å². The van der Waals surface area contributed by atoms with Crippen molar-refractivity contribution in [1.29, 1.82) is 0 Å². The van der Waals surface area contributed by atoms with Gasteiger partial charge in [0, 0.05) is 25.2 Å². The number of sulfonamides is 1. The predicted octanol–water partition coefficient (Wildman–Crippen LogP) is 2.53. The van der Waals surface area contributed by atoms with Crippen LogP contribution < -0.4 is 19.5 Å². The van der Waals surface area contributed by atoms with Crippen LogP contribution in [0.15, 0.2) is 41.3 Å². The van der Waals surface area contributed by atoms with Gasteiger partial charge in [0.25, 0.3) is 5.91 Å². The Morgan fingerprint density at radius 1 is 1.10 bits per heavy atom. The zero-order valence-electron chi connectivity index (χ0n) is 16.7. The molecule has 2 aromatic rings. The molecule has 2 aliphatic rings. The van der Waals surface area contributed by atoms with Crippen LogP contribution in [-0.2, 0) is 16.6 Å². The van der Waals surface area contributed by atoms with Gasteiger partial charge in [-0.15, -0.1) is 0 Å². The van der Waals surface area contributed by atoms with Crippen LogP contribution in [0.4, 0.5) is 0 Å². The van der Waals surface area contributed by atoms with E-state index in [2.05, 4.69) is 5.32 Å². The minimum Gasteiger partial charge on any atom is -0.492 e. The second kappa shape index (κ2) is 8.53. The number of carbonyl (C=O) groups excluding carboxylic acids is 1. The molecule has 2 aromatic carbocycles. The molecule has 1 N–H and O–H groups in total. The summed E-state index contributed by atoms with van der Waals surface area (Å²) < 4.78 is 43.8. The first kappa shape index (κ1) is 20.5.